The third kappa shape index (κ3) is 0.820. The minimum atomic E-state index is 0.0330. The maximum absolute atomic E-state index is 7.02. The Morgan fingerprint density at radius 2 is 1.50 bits per heavy atom. The molecule has 3 heteroatoms. The number of hydrogen-bond acceptors (Lipinski definition) is 3. The van der Waals surface area contributed by atoms with E-state index in [9.17, 15) is 0 Å². The van der Waals surface area contributed by atoms with E-state index in [1.54, 1.807) is 0 Å². The molecule has 3 nitrogen and oxygen atoms in total. The molecule has 0 amide bonds. The molecule has 9 bridgehead atoms. The predicted octanol–water partition coefficient (Wildman–Crippen LogP) is 2.55. The van der Waals surface area contributed by atoms with Crippen LogP contribution in [0.15, 0.2) is 0 Å². The van der Waals surface area contributed by atoms with Crippen molar-refractivity contribution in [1.82, 2.24) is 0 Å². The van der Waals surface area contributed by atoms with Crippen LogP contribution in [0.2, 0.25) is 0 Å². The van der Waals surface area contributed by atoms with Crippen molar-refractivity contribution in [3.8, 4) is 0 Å². The zero-order valence-corrected chi connectivity index (χ0v) is 14.2. The fourth-order valence-electron chi connectivity index (χ4n) is 12.2. The second kappa shape index (κ2) is 3.27. The van der Waals surface area contributed by atoms with Crippen LogP contribution >= 0.6 is 0 Å². The highest BCUT2D eigenvalue weighted by Gasteiger charge is 2.92. The molecule has 2 aliphatic heterocycles. The van der Waals surface area contributed by atoms with E-state index >= 15 is 0 Å². The first-order valence-electron chi connectivity index (χ1n) is 10.7. The SMILES string of the molecule is COC1OC2CCC3C4C5C6C7C8CCC7C7C6C4C(C23)C17C5O8. The lowest BCUT2D eigenvalue weighted by atomic mass is 9.53. The van der Waals surface area contributed by atoms with Gasteiger partial charge in [-0.2, -0.15) is 0 Å². The summed E-state index contributed by atoms with van der Waals surface area (Å²) in [4.78, 5) is 0. The molecule has 2 heterocycles. The van der Waals surface area contributed by atoms with Crippen molar-refractivity contribution in [2.75, 3.05) is 7.11 Å². The summed E-state index contributed by atoms with van der Waals surface area (Å²) in [6, 6.07) is 0. The van der Waals surface area contributed by atoms with Gasteiger partial charge in [0.1, 0.15) is 0 Å². The molecule has 2 saturated heterocycles. The number of methoxy groups -OCH3 is 1. The van der Waals surface area contributed by atoms with Crippen LogP contribution in [-0.2, 0) is 14.2 Å². The second-order valence-corrected chi connectivity index (χ2v) is 10.9. The fraction of sp³-hybridized carbons (Fsp3) is 1.00. The molecule has 0 radical (unpaired) electrons. The Balaban J connectivity index is 1.41. The van der Waals surface area contributed by atoms with Gasteiger partial charge in [-0.25, -0.2) is 0 Å². The third-order valence-electron chi connectivity index (χ3n) is 11.5. The fourth-order valence-corrected chi connectivity index (χ4v) is 12.2. The van der Waals surface area contributed by atoms with E-state index in [2.05, 4.69) is 0 Å². The van der Waals surface area contributed by atoms with Crippen LogP contribution in [0.5, 0.6) is 0 Å². The highest BCUT2D eigenvalue weighted by Crippen LogP contribution is 2.91. The van der Waals surface area contributed by atoms with Gasteiger partial charge in [-0.05, 0) is 90.8 Å². The summed E-state index contributed by atoms with van der Waals surface area (Å²) in [5.74, 6) is 10.5. The molecule has 10 fully saturated rings. The molecule has 16 unspecified atom stereocenters. The Morgan fingerprint density at radius 1 is 0.708 bits per heavy atom. The third-order valence-corrected chi connectivity index (χ3v) is 11.5. The summed E-state index contributed by atoms with van der Waals surface area (Å²) < 4.78 is 20.0. The summed E-state index contributed by atoms with van der Waals surface area (Å²) in [6.45, 7) is 0. The van der Waals surface area contributed by atoms with Crippen molar-refractivity contribution in [2.45, 2.75) is 50.3 Å². The monoisotopic (exact) mass is 326 g/mol. The van der Waals surface area contributed by atoms with E-state index in [1.807, 2.05) is 7.11 Å². The lowest BCUT2D eigenvalue weighted by Crippen LogP contribution is -2.66. The van der Waals surface area contributed by atoms with E-state index in [0.717, 1.165) is 65.1 Å². The highest BCUT2D eigenvalue weighted by molar-refractivity contribution is 5.38. The zero-order valence-electron chi connectivity index (χ0n) is 14.2. The van der Waals surface area contributed by atoms with Gasteiger partial charge in [0.15, 0.2) is 6.29 Å². The van der Waals surface area contributed by atoms with Crippen LogP contribution in [0, 0.1) is 70.5 Å². The van der Waals surface area contributed by atoms with E-state index < -0.39 is 0 Å². The van der Waals surface area contributed by atoms with Gasteiger partial charge >= 0.3 is 0 Å². The Bertz CT molecular complexity index is 693. The van der Waals surface area contributed by atoms with Crippen molar-refractivity contribution in [3.63, 3.8) is 0 Å². The van der Waals surface area contributed by atoms with Gasteiger partial charge in [0.2, 0.25) is 0 Å². The number of hydrogen-bond donors (Lipinski definition) is 0. The van der Waals surface area contributed by atoms with Crippen molar-refractivity contribution in [3.05, 3.63) is 0 Å². The summed E-state index contributed by atoms with van der Waals surface area (Å²) in [5.41, 5.74) is 0.247. The average molecular weight is 326 g/mol. The smallest absolute Gasteiger partial charge is 0.166 e. The Labute approximate surface area is 142 Å². The molecule has 16 atom stereocenters. The van der Waals surface area contributed by atoms with Crippen molar-refractivity contribution in [2.24, 2.45) is 70.5 Å². The summed E-state index contributed by atoms with van der Waals surface area (Å²) in [5, 5.41) is 0. The average Bonchev–Trinajstić information content (AvgIpc) is 3.33. The Morgan fingerprint density at radius 3 is 2.38 bits per heavy atom. The molecular weight excluding hydrogens is 300 g/mol. The zero-order chi connectivity index (χ0) is 15.1. The second-order valence-electron chi connectivity index (χ2n) is 10.9. The Kier molecular flexibility index (Phi) is 1.68. The molecule has 10 aliphatic rings. The molecule has 1 spiro atoms. The molecule has 128 valence electrons. The van der Waals surface area contributed by atoms with Crippen LogP contribution < -0.4 is 0 Å². The summed E-state index contributed by atoms with van der Waals surface area (Å²) >= 11 is 0. The quantitative estimate of drug-likeness (QED) is 0.741. The van der Waals surface area contributed by atoms with Crippen LogP contribution in [0.3, 0.4) is 0 Å². The first-order valence-corrected chi connectivity index (χ1v) is 10.7. The molecule has 0 N–H and O–H groups in total. The van der Waals surface area contributed by atoms with E-state index in [0.29, 0.717) is 18.3 Å². The van der Waals surface area contributed by atoms with E-state index in [1.165, 1.54) is 25.7 Å². The molecule has 24 heavy (non-hydrogen) atoms. The first-order chi connectivity index (χ1) is 11.9. The lowest BCUT2D eigenvalue weighted by molar-refractivity contribution is -0.336. The van der Waals surface area contributed by atoms with Gasteiger partial charge in [-0.15, -0.1) is 0 Å². The number of rotatable bonds is 1. The maximum atomic E-state index is 7.02. The first kappa shape index (κ1) is 12.3. The summed E-state index contributed by atoms with van der Waals surface area (Å²) in [6.07, 6.45) is 7.15. The molecule has 10 rings (SSSR count). The molecule has 0 aromatic rings. The van der Waals surface area contributed by atoms with Crippen LogP contribution in [0.4, 0.5) is 0 Å². The summed E-state index contributed by atoms with van der Waals surface area (Å²) in [7, 11) is 1.92. The lowest BCUT2D eigenvalue weighted by Gasteiger charge is -2.60. The maximum Gasteiger partial charge on any atom is 0.166 e. The van der Waals surface area contributed by atoms with Gasteiger partial charge in [0, 0.05) is 7.11 Å². The number of ether oxygens (including phenoxy) is 3. The van der Waals surface area contributed by atoms with Gasteiger partial charge < -0.3 is 14.2 Å². The van der Waals surface area contributed by atoms with Crippen LogP contribution in [-0.4, -0.2) is 31.7 Å². The van der Waals surface area contributed by atoms with E-state index in [-0.39, 0.29) is 11.7 Å². The van der Waals surface area contributed by atoms with Crippen LogP contribution in [0.1, 0.15) is 25.7 Å². The molecule has 8 saturated carbocycles. The standard InChI is InChI=1S/C21H26O3/c1-22-20-21-17-7-3-5-8-10(7)13-15(17)14-12(16(13)19(21)23-8)6-2-4-9(24-20)11(6)18(14)21/h6-20H,2-5H2,1H3. The minimum absolute atomic E-state index is 0.0330. The predicted molar refractivity (Wildman–Crippen MR) is 83.6 cm³/mol. The molecular formula is C21H26O3. The van der Waals surface area contributed by atoms with Gasteiger partial charge in [-0.1, -0.05) is 0 Å². The molecule has 0 aromatic carbocycles. The normalized spacial score (nSPS) is 82.1. The van der Waals surface area contributed by atoms with Crippen molar-refractivity contribution >= 4 is 0 Å². The minimum Gasteiger partial charge on any atom is -0.374 e. The topological polar surface area (TPSA) is 27.7 Å². The molecule has 0 aromatic heterocycles. The van der Waals surface area contributed by atoms with Crippen molar-refractivity contribution < 1.29 is 14.2 Å². The van der Waals surface area contributed by atoms with Gasteiger partial charge in [0.05, 0.1) is 23.7 Å². The Hall–Kier alpha value is -0.120. The largest absolute Gasteiger partial charge is 0.374 e. The van der Waals surface area contributed by atoms with Gasteiger partial charge in [-0.3, -0.25) is 0 Å². The highest BCUT2D eigenvalue weighted by atomic mass is 16.7. The van der Waals surface area contributed by atoms with Crippen LogP contribution in [0.25, 0.3) is 0 Å². The van der Waals surface area contributed by atoms with E-state index in [4.69, 9.17) is 14.2 Å². The van der Waals surface area contributed by atoms with Gasteiger partial charge in [0.25, 0.3) is 0 Å². The van der Waals surface area contributed by atoms with Crippen molar-refractivity contribution in [1.29, 1.82) is 0 Å². The molecule has 8 aliphatic carbocycles.